The van der Waals surface area contributed by atoms with Gasteiger partial charge in [0.25, 0.3) is 5.91 Å². The number of halogens is 1. The van der Waals surface area contributed by atoms with Crippen molar-refractivity contribution < 1.29 is 13.7 Å². The second-order valence-corrected chi connectivity index (χ2v) is 6.05. The van der Waals surface area contributed by atoms with Crippen molar-refractivity contribution in [1.29, 1.82) is 0 Å². The van der Waals surface area contributed by atoms with E-state index in [0.29, 0.717) is 11.3 Å². The maximum absolute atomic E-state index is 12.9. The lowest BCUT2D eigenvalue weighted by molar-refractivity contribution is 0.0914. The molecule has 0 bridgehead atoms. The van der Waals surface area contributed by atoms with Crippen molar-refractivity contribution in [2.75, 3.05) is 6.54 Å². The number of benzene rings is 1. The van der Waals surface area contributed by atoms with E-state index in [2.05, 4.69) is 29.6 Å². The molecule has 1 amide bonds. The van der Waals surface area contributed by atoms with E-state index in [1.165, 1.54) is 12.1 Å². The molecule has 0 spiro atoms. The van der Waals surface area contributed by atoms with Crippen molar-refractivity contribution in [3.05, 3.63) is 41.8 Å². The highest BCUT2D eigenvalue weighted by molar-refractivity contribution is 5.93. The zero-order valence-electron chi connectivity index (χ0n) is 12.5. The summed E-state index contributed by atoms with van der Waals surface area (Å²) in [5, 5.41) is 10.1. The van der Waals surface area contributed by atoms with E-state index in [4.69, 9.17) is 4.52 Å². The number of aromatic nitrogens is 1. The predicted octanol–water partition coefficient (Wildman–Crippen LogP) is 2.35. The second kappa shape index (κ2) is 5.53. The quantitative estimate of drug-likeness (QED) is 0.913. The van der Waals surface area contributed by atoms with E-state index in [9.17, 15) is 9.18 Å². The number of nitrogens with zero attached hydrogens (tertiary/aromatic N) is 1. The third-order valence-corrected chi connectivity index (χ3v) is 4.06. The molecule has 2 N–H and O–H groups in total. The van der Waals surface area contributed by atoms with Crippen LogP contribution in [0.3, 0.4) is 0 Å². The lowest BCUT2D eigenvalue weighted by atomic mass is 9.97. The van der Waals surface area contributed by atoms with Crippen molar-refractivity contribution >= 4 is 5.91 Å². The topological polar surface area (TPSA) is 67.2 Å². The smallest absolute Gasteiger partial charge is 0.273 e. The predicted molar refractivity (Wildman–Crippen MR) is 79.8 cm³/mol. The molecule has 1 atom stereocenters. The normalized spacial score (nSPS) is 20.0. The Morgan fingerprint density at radius 2 is 2.14 bits per heavy atom. The van der Waals surface area contributed by atoms with Gasteiger partial charge in [0.05, 0.1) is 0 Å². The molecule has 1 aromatic heterocycles. The Morgan fingerprint density at radius 1 is 1.41 bits per heavy atom. The molecule has 116 valence electrons. The maximum atomic E-state index is 12.9. The lowest BCUT2D eigenvalue weighted by Gasteiger charge is -2.27. The van der Waals surface area contributed by atoms with E-state index in [1.54, 1.807) is 18.2 Å². The minimum Gasteiger partial charge on any atom is -0.355 e. The summed E-state index contributed by atoms with van der Waals surface area (Å²) >= 11 is 0. The van der Waals surface area contributed by atoms with Crippen LogP contribution in [0, 0.1) is 5.82 Å². The molecule has 5 nitrogen and oxygen atoms in total. The van der Waals surface area contributed by atoms with E-state index < -0.39 is 0 Å². The Balaban J connectivity index is 1.73. The molecular weight excluding hydrogens is 285 g/mol. The standard InChI is InChI=1S/C16H18FN3O2/c1-16(2)14(7-8-18-16)19-15(21)12-9-13(22-20-12)10-3-5-11(17)6-4-10/h3-6,9,14,18H,7-8H2,1-2H3,(H,19,21). The molecule has 1 aliphatic heterocycles. The molecule has 2 aromatic rings. The molecule has 0 saturated carbocycles. The highest BCUT2D eigenvalue weighted by atomic mass is 19.1. The van der Waals surface area contributed by atoms with Crippen molar-refractivity contribution in [1.82, 2.24) is 15.8 Å². The van der Waals surface area contributed by atoms with E-state index >= 15 is 0 Å². The van der Waals surface area contributed by atoms with Crippen LogP contribution in [0.1, 0.15) is 30.8 Å². The molecule has 1 unspecified atom stereocenters. The first-order chi connectivity index (χ1) is 10.5. The number of hydrogen-bond acceptors (Lipinski definition) is 4. The highest BCUT2D eigenvalue weighted by Gasteiger charge is 2.35. The molecule has 6 heteroatoms. The average Bonchev–Trinajstić information content (AvgIpc) is 3.07. The number of carbonyl (C=O) groups is 1. The minimum atomic E-state index is -0.322. The molecule has 22 heavy (non-hydrogen) atoms. The van der Waals surface area contributed by atoms with Crippen LogP contribution < -0.4 is 10.6 Å². The number of rotatable bonds is 3. The molecule has 0 radical (unpaired) electrons. The first-order valence-corrected chi connectivity index (χ1v) is 7.24. The van der Waals surface area contributed by atoms with E-state index in [-0.39, 0.29) is 29.0 Å². The van der Waals surface area contributed by atoms with Crippen LogP contribution >= 0.6 is 0 Å². The average molecular weight is 303 g/mol. The molecule has 2 heterocycles. The highest BCUT2D eigenvalue weighted by Crippen LogP contribution is 2.22. The number of nitrogens with one attached hydrogen (secondary N) is 2. The Labute approximate surface area is 127 Å². The van der Waals surface area contributed by atoms with Gasteiger partial charge in [-0.05, 0) is 51.1 Å². The zero-order valence-corrected chi connectivity index (χ0v) is 12.5. The summed E-state index contributed by atoms with van der Waals surface area (Å²) in [4.78, 5) is 12.3. The number of hydrogen-bond donors (Lipinski definition) is 2. The lowest BCUT2D eigenvalue weighted by Crippen LogP contribution is -2.50. The minimum absolute atomic E-state index is 0.0472. The van der Waals surface area contributed by atoms with Crippen LogP contribution in [0.25, 0.3) is 11.3 Å². The SMILES string of the molecule is CC1(C)NCCC1NC(=O)c1cc(-c2ccc(F)cc2)on1. The fourth-order valence-corrected chi connectivity index (χ4v) is 2.64. The van der Waals surface area contributed by atoms with Gasteiger partial charge < -0.3 is 15.2 Å². The summed E-state index contributed by atoms with van der Waals surface area (Å²) in [5.41, 5.74) is 0.761. The van der Waals surface area contributed by atoms with Crippen LogP contribution in [-0.2, 0) is 0 Å². The Hall–Kier alpha value is -2.21. The Kier molecular flexibility index (Phi) is 3.70. The third kappa shape index (κ3) is 2.87. The molecule has 1 saturated heterocycles. The Morgan fingerprint density at radius 3 is 2.77 bits per heavy atom. The van der Waals surface area contributed by atoms with Gasteiger partial charge in [0, 0.05) is 23.2 Å². The van der Waals surface area contributed by atoms with Crippen LogP contribution in [-0.4, -0.2) is 29.2 Å². The second-order valence-electron chi connectivity index (χ2n) is 6.05. The molecular formula is C16H18FN3O2. The first kappa shape index (κ1) is 14.7. The van der Waals surface area contributed by atoms with Crippen LogP contribution in [0.15, 0.2) is 34.9 Å². The fraction of sp³-hybridized carbons (Fsp3) is 0.375. The van der Waals surface area contributed by atoms with Gasteiger partial charge in [0.2, 0.25) is 0 Å². The van der Waals surface area contributed by atoms with E-state index in [0.717, 1.165) is 13.0 Å². The number of carbonyl (C=O) groups excluding carboxylic acids is 1. The monoisotopic (exact) mass is 303 g/mol. The van der Waals surface area contributed by atoms with Gasteiger partial charge in [-0.15, -0.1) is 0 Å². The largest absolute Gasteiger partial charge is 0.355 e. The maximum Gasteiger partial charge on any atom is 0.273 e. The summed E-state index contributed by atoms with van der Waals surface area (Å²) in [7, 11) is 0. The third-order valence-electron chi connectivity index (χ3n) is 4.06. The zero-order chi connectivity index (χ0) is 15.7. The van der Waals surface area contributed by atoms with Crippen LogP contribution in [0.2, 0.25) is 0 Å². The molecule has 3 rings (SSSR count). The van der Waals surface area contributed by atoms with Gasteiger partial charge in [0.1, 0.15) is 5.82 Å². The first-order valence-electron chi connectivity index (χ1n) is 7.24. The summed E-state index contributed by atoms with van der Waals surface area (Å²) < 4.78 is 18.1. The van der Waals surface area contributed by atoms with Gasteiger partial charge in [-0.1, -0.05) is 5.16 Å². The van der Waals surface area contributed by atoms with Gasteiger partial charge in [-0.3, -0.25) is 4.79 Å². The molecule has 0 aliphatic carbocycles. The van der Waals surface area contributed by atoms with Crippen LogP contribution in [0.4, 0.5) is 4.39 Å². The molecule has 1 aliphatic rings. The van der Waals surface area contributed by atoms with Gasteiger partial charge >= 0.3 is 0 Å². The Bertz CT molecular complexity index is 679. The number of amides is 1. The summed E-state index contributed by atoms with van der Waals surface area (Å²) in [6, 6.07) is 7.46. The summed E-state index contributed by atoms with van der Waals surface area (Å²) in [6.07, 6.45) is 0.876. The fourth-order valence-electron chi connectivity index (χ4n) is 2.64. The van der Waals surface area contributed by atoms with Crippen molar-refractivity contribution in [2.45, 2.75) is 31.8 Å². The van der Waals surface area contributed by atoms with Gasteiger partial charge in [-0.25, -0.2) is 4.39 Å². The summed E-state index contributed by atoms with van der Waals surface area (Å²) in [5.74, 6) is -0.148. The van der Waals surface area contributed by atoms with Crippen LogP contribution in [0.5, 0.6) is 0 Å². The van der Waals surface area contributed by atoms with Gasteiger partial charge in [0.15, 0.2) is 11.5 Å². The molecule has 1 aromatic carbocycles. The van der Waals surface area contributed by atoms with Gasteiger partial charge in [-0.2, -0.15) is 0 Å². The van der Waals surface area contributed by atoms with Crippen molar-refractivity contribution in [2.24, 2.45) is 0 Å². The summed E-state index contributed by atoms with van der Waals surface area (Å²) in [6.45, 7) is 4.98. The van der Waals surface area contributed by atoms with Crippen molar-refractivity contribution in [3.8, 4) is 11.3 Å². The molecule has 1 fully saturated rings. The van der Waals surface area contributed by atoms with E-state index in [1.807, 2.05) is 0 Å². The van der Waals surface area contributed by atoms with Crippen molar-refractivity contribution in [3.63, 3.8) is 0 Å².